The predicted molar refractivity (Wildman–Crippen MR) is 123 cm³/mol. The lowest BCUT2D eigenvalue weighted by molar-refractivity contribution is -0.141. The second-order valence-corrected chi connectivity index (χ2v) is 9.58. The van der Waals surface area contributed by atoms with Gasteiger partial charge in [0.25, 0.3) is 0 Å². The van der Waals surface area contributed by atoms with Crippen molar-refractivity contribution in [3.05, 3.63) is 35.9 Å². The van der Waals surface area contributed by atoms with Gasteiger partial charge in [-0.1, -0.05) is 75.2 Å². The molecule has 2 N–H and O–H groups in total. The summed E-state index contributed by atoms with van der Waals surface area (Å²) in [5, 5.41) is 7.72. The van der Waals surface area contributed by atoms with E-state index in [0.717, 1.165) is 50.0 Å². The van der Waals surface area contributed by atoms with Gasteiger partial charge in [0.05, 0.1) is 6.04 Å². The van der Waals surface area contributed by atoms with Gasteiger partial charge in [-0.15, -0.1) is 5.10 Å². The second kappa shape index (κ2) is 11.3. The lowest BCUT2D eigenvalue weighted by atomic mass is 9.88. The number of amidine groups is 1. The third-order valence-corrected chi connectivity index (χ3v) is 6.77. The highest BCUT2D eigenvalue weighted by Gasteiger charge is 2.32. The van der Waals surface area contributed by atoms with E-state index < -0.39 is 17.7 Å². The van der Waals surface area contributed by atoms with Crippen LogP contribution in [0.2, 0.25) is 0 Å². The van der Waals surface area contributed by atoms with Crippen LogP contribution in [0.1, 0.15) is 51.5 Å². The topological polar surface area (TPSA) is 90.9 Å². The van der Waals surface area contributed by atoms with Gasteiger partial charge in [0.2, 0.25) is 11.7 Å². The first-order valence-corrected chi connectivity index (χ1v) is 12.1. The van der Waals surface area contributed by atoms with Crippen molar-refractivity contribution in [3.8, 4) is 0 Å². The smallest absolute Gasteiger partial charge is 0.309 e. The van der Waals surface area contributed by atoms with Crippen LogP contribution < -0.4 is 10.7 Å². The van der Waals surface area contributed by atoms with E-state index in [1.165, 1.54) is 0 Å². The third-order valence-electron chi connectivity index (χ3n) is 5.78. The van der Waals surface area contributed by atoms with Crippen molar-refractivity contribution >= 4 is 34.5 Å². The first kappa shape index (κ1) is 23.3. The Kier molecular flexibility index (Phi) is 8.51. The summed E-state index contributed by atoms with van der Waals surface area (Å²) in [7, 11) is 0. The Morgan fingerprint density at radius 1 is 1.13 bits per heavy atom. The number of nitrogens with one attached hydrogen (secondary N) is 2. The molecule has 1 aromatic carbocycles. The molecule has 1 atom stereocenters. The minimum absolute atomic E-state index is 0.0625. The van der Waals surface area contributed by atoms with Gasteiger partial charge in [-0.05, 0) is 24.3 Å². The number of Topliss-reactive ketones (excluding diaryl/α,β-unsaturated/α-hetero) is 1. The van der Waals surface area contributed by atoms with Crippen molar-refractivity contribution < 1.29 is 14.4 Å². The molecule has 1 saturated carbocycles. The molecule has 0 aromatic heterocycles. The van der Waals surface area contributed by atoms with Crippen molar-refractivity contribution in [2.45, 2.75) is 58.5 Å². The third kappa shape index (κ3) is 6.56. The van der Waals surface area contributed by atoms with Gasteiger partial charge in [0, 0.05) is 24.8 Å². The number of carbonyl (C=O) groups is 3. The standard InChI is InChI=1S/C23H32N4O3S/c1-16(2)19(24-21(29)18-11-7-4-8-12-18)20(28)22(30)25-26-23-27(13-14-31-23)15-17-9-5-3-6-10-17/h3,5-6,9-10,16,18-19H,4,7-8,11-15H2,1-2H3,(H,24,29)(H,25,30)/b26-23-/t19-/m0/s1. The van der Waals surface area contributed by atoms with E-state index >= 15 is 0 Å². The highest BCUT2D eigenvalue weighted by Crippen LogP contribution is 2.24. The molecule has 168 valence electrons. The van der Waals surface area contributed by atoms with Crippen LogP contribution in [0.5, 0.6) is 0 Å². The van der Waals surface area contributed by atoms with Gasteiger partial charge in [-0.2, -0.15) is 0 Å². The first-order valence-electron chi connectivity index (χ1n) is 11.1. The van der Waals surface area contributed by atoms with Crippen molar-refractivity contribution in [1.82, 2.24) is 15.6 Å². The van der Waals surface area contributed by atoms with Crippen LogP contribution in [0.15, 0.2) is 35.4 Å². The Bertz CT molecular complexity index is 806. The fraction of sp³-hybridized carbons (Fsp3) is 0.565. The fourth-order valence-electron chi connectivity index (χ4n) is 3.95. The molecule has 1 saturated heterocycles. The monoisotopic (exact) mass is 444 g/mol. The Hall–Kier alpha value is -2.35. The number of thioether (sulfide) groups is 1. The molecular formula is C23H32N4O3S. The number of hydrazone groups is 1. The van der Waals surface area contributed by atoms with Crippen molar-refractivity contribution in [1.29, 1.82) is 0 Å². The summed E-state index contributed by atoms with van der Waals surface area (Å²) in [5.74, 6) is -0.933. The summed E-state index contributed by atoms with van der Waals surface area (Å²) in [6.07, 6.45) is 4.91. The summed E-state index contributed by atoms with van der Waals surface area (Å²) in [6.45, 7) is 5.19. The van der Waals surface area contributed by atoms with Gasteiger partial charge >= 0.3 is 5.91 Å². The first-order chi connectivity index (χ1) is 15.0. The molecule has 2 amide bonds. The average Bonchev–Trinajstić information content (AvgIpc) is 3.23. The number of amides is 2. The Labute approximate surface area is 188 Å². The molecule has 7 nitrogen and oxygen atoms in total. The quantitative estimate of drug-likeness (QED) is 0.475. The maximum atomic E-state index is 12.8. The van der Waals surface area contributed by atoms with E-state index in [9.17, 15) is 14.4 Å². The minimum atomic E-state index is -0.841. The molecule has 2 aliphatic rings. The lowest BCUT2D eigenvalue weighted by Crippen LogP contribution is -2.51. The summed E-state index contributed by atoms with van der Waals surface area (Å²) in [4.78, 5) is 40.0. The van der Waals surface area contributed by atoms with Crippen LogP contribution in [0.4, 0.5) is 0 Å². The van der Waals surface area contributed by atoms with Crippen LogP contribution in [0.25, 0.3) is 0 Å². The minimum Gasteiger partial charge on any atom is -0.345 e. The Morgan fingerprint density at radius 3 is 2.52 bits per heavy atom. The average molecular weight is 445 g/mol. The molecule has 1 aliphatic heterocycles. The molecule has 3 rings (SSSR count). The normalized spacial score (nSPS) is 19.5. The van der Waals surface area contributed by atoms with Crippen molar-refractivity contribution in [2.75, 3.05) is 12.3 Å². The number of hydrogen-bond donors (Lipinski definition) is 2. The van der Waals surface area contributed by atoms with Crippen LogP contribution in [-0.2, 0) is 20.9 Å². The van der Waals surface area contributed by atoms with Crippen molar-refractivity contribution in [2.24, 2.45) is 16.9 Å². The maximum absolute atomic E-state index is 12.8. The van der Waals surface area contributed by atoms with Crippen LogP contribution in [0, 0.1) is 11.8 Å². The number of hydrogen-bond acceptors (Lipinski definition) is 5. The predicted octanol–water partition coefficient (Wildman–Crippen LogP) is 2.91. The number of ketones is 1. The van der Waals surface area contributed by atoms with Crippen molar-refractivity contribution in [3.63, 3.8) is 0 Å². The van der Waals surface area contributed by atoms with E-state index in [0.29, 0.717) is 11.7 Å². The lowest BCUT2D eigenvalue weighted by Gasteiger charge is -2.25. The van der Waals surface area contributed by atoms with Gasteiger partial charge in [0.1, 0.15) is 0 Å². The van der Waals surface area contributed by atoms with Crippen LogP contribution in [0.3, 0.4) is 0 Å². The molecule has 8 heteroatoms. The van der Waals surface area contributed by atoms with E-state index in [-0.39, 0.29) is 17.7 Å². The number of nitrogens with zero attached hydrogens (tertiary/aromatic N) is 2. The molecule has 0 spiro atoms. The maximum Gasteiger partial charge on any atom is 0.309 e. The number of carbonyl (C=O) groups excluding carboxylic acids is 3. The second-order valence-electron chi connectivity index (χ2n) is 8.52. The molecule has 0 bridgehead atoms. The zero-order chi connectivity index (χ0) is 22.2. The molecule has 1 aliphatic carbocycles. The van der Waals surface area contributed by atoms with Crippen LogP contribution in [-0.4, -0.2) is 46.0 Å². The molecule has 0 unspecified atom stereocenters. The van der Waals surface area contributed by atoms with E-state index in [1.54, 1.807) is 11.8 Å². The fourth-order valence-corrected chi connectivity index (χ4v) is 4.90. The highest BCUT2D eigenvalue weighted by atomic mass is 32.2. The largest absolute Gasteiger partial charge is 0.345 e. The van der Waals surface area contributed by atoms with E-state index in [4.69, 9.17) is 0 Å². The number of rotatable bonds is 8. The number of benzene rings is 1. The molecule has 0 radical (unpaired) electrons. The zero-order valence-corrected chi connectivity index (χ0v) is 19.1. The highest BCUT2D eigenvalue weighted by molar-refractivity contribution is 8.14. The molecule has 1 heterocycles. The van der Waals surface area contributed by atoms with E-state index in [2.05, 4.69) is 20.7 Å². The molecule has 1 aromatic rings. The van der Waals surface area contributed by atoms with Crippen LogP contribution >= 0.6 is 11.8 Å². The summed E-state index contributed by atoms with van der Waals surface area (Å²) in [6, 6.07) is 9.20. The summed E-state index contributed by atoms with van der Waals surface area (Å²) in [5.41, 5.74) is 3.57. The summed E-state index contributed by atoms with van der Waals surface area (Å²) >= 11 is 1.55. The summed E-state index contributed by atoms with van der Waals surface area (Å²) < 4.78 is 0. The Morgan fingerprint density at radius 2 is 1.84 bits per heavy atom. The van der Waals surface area contributed by atoms with Gasteiger partial charge in [-0.3, -0.25) is 14.4 Å². The van der Waals surface area contributed by atoms with E-state index in [1.807, 2.05) is 44.2 Å². The molecule has 31 heavy (non-hydrogen) atoms. The zero-order valence-electron chi connectivity index (χ0n) is 18.3. The van der Waals surface area contributed by atoms with Gasteiger partial charge in [0.15, 0.2) is 5.17 Å². The van der Waals surface area contributed by atoms with Gasteiger partial charge in [-0.25, -0.2) is 5.43 Å². The molecule has 2 fully saturated rings. The molecular weight excluding hydrogens is 412 g/mol. The Balaban J connectivity index is 1.58. The van der Waals surface area contributed by atoms with Gasteiger partial charge < -0.3 is 10.2 Å². The SMILES string of the molecule is CC(C)[C@H](NC(=O)C1CCCCC1)C(=O)C(=O)N/N=C1\SCCN1Cc1ccccc1.